The summed E-state index contributed by atoms with van der Waals surface area (Å²) in [6.45, 7) is 3.57. The molecule has 0 aliphatic heterocycles. The minimum absolute atomic E-state index is 0.139. The first-order chi connectivity index (χ1) is 11.5. The average molecular weight is 341 g/mol. The first-order valence-electron chi connectivity index (χ1n) is 7.23. The summed E-state index contributed by atoms with van der Waals surface area (Å²) < 4.78 is 4.87. The van der Waals surface area contributed by atoms with E-state index in [2.05, 4.69) is 15.8 Å². The van der Waals surface area contributed by atoms with E-state index in [9.17, 15) is 9.59 Å². The lowest BCUT2D eigenvalue weighted by Crippen LogP contribution is -2.13. The second-order valence-electron chi connectivity index (χ2n) is 5.21. The van der Waals surface area contributed by atoms with Gasteiger partial charge in [0, 0.05) is 11.4 Å². The predicted octanol–water partition coefficient (Wildman–Crippen LogP) is 3.86. The fourth-order valence-corrected chi connectivity index (χ4v) is 2.97. The Bertz CT molecular complexity index is 807. The van der Waals surface area contributed by atoms with Crippen LogP contribution in [0.4, 0.5) is 11.4 Å². The number of amides is 2. The summed E-state index contributed by atoms with van der Waals surface area (Å²) in [6, 6.07) is 8.81. The molecule has 0 unspecified atom stereocenters. The van der Waals surface area contributed by atoms with Crippen molar-refractivity contribution in [2.75, 3.05) is 10.6 Å². The minimum Gasteiger partial charge on any atom is -0.361 e. The number of aromatic nitrogens is 1. The van der Waals surface area contributed by atoms with E-state index in [1.54, 1.807) is 31.2 Å². The second-order valence-corrected chi connectivity index (χ2v) is 6.13. The molecule has 0 saturated carbocycles. The summed E-state index contributed by atoms with van der Waals surface area (Å²) >= 11 is 1.40. The van der Waals surface area contributed by atoms with Gasteiger partial charge in [-0.2, -0.15) is 0 Å². The summed E-state index contributed by atoms with van der Waals surface area (Å²) in [7, 11) is 0. The van der Waals surface area contributed by atoms with Gasteiger partial charge in [0.05, 0.1) is 11.1 Å². The Morgan fingerprint density at radius 2 is 1.62 bits per heavy atom. The third-order valence-electron chi connectivity index (χ3n) is 3.46. The fraction of sp³-hybridized carbons (Fsp3) is 0.118. The van der Waals surface area contributed by atoms with Crippen molar-refractivity contribution in [3.8, 4) is 0 Å². The maximum atomic E-state index is 12.2. The molecule has 0 spiro atoms. The van der Waals surface area contributed by atoms with Gasteiger partial charge in [0.1, 0.15) is 11.3 Å². The summed E-state index contributed by atoms with van der Waals surface area (Å²) in [5, 5.41) is 11.1. The Hall–Kier alpha value is -2.93. The molecule has 2 aromatic heterocycles. The van der Waals surface area contributed by atoms with Crippen molar-refractivity contribution >= 4 is 34.5 Å². The standard InChI is InChI=1S/C17H15N3O3S/c1-10-7-8-24-15(10)17(22)20-13-5-3-12(4-6-13)19-16(21)14-9-18-23-11(14)2/h3-9H,1-2H3,(H,19,21)(H,20,22). The summed E-state index contributed by atoms with van der Waals surface area (Å²) in [5.41, 5.74) is 2.61. The molecule has 0 aliphatic carbocycles. The zero-order chi connectivity index (χ0) is 17.1. The number of carbonyl (C=O) groups excluding carboxylic acids is 2. The fourth-order valence-electron chi connectivity index (χ4n) is 2.15. The van der Waals surface area contributed by atoms with Crippen LogP contribution in [-0.4, -0.2) is 17.0 Å². The van der Waals surface area contributed by atoms with Crippen molar-refractivity contribution in [2.24, 2.45) is 0 Å². The zero-order valence-electron chi connectivity index (χ0n) is 13.1. The number of nitrogens with zero attached hydrogens (tertiary/aromatic N) is 1. The highest BCUT2D eigenvalue weighted by Gasteiger charge is 2.13. The molecule has 2 N–H and O–H groups in total. The van der Waals surface area contributed by atoms with Crippen LogP contribution < -0.4 is 10.6 Å². The van der Waals surface area contributed by atoms with Gasteiger partial charge in [-0.05, 0) is 55.1 Å². The number of nitrogens with one attached hydrogen (secondary N) is 2. The summed E-state index contributed by atoms with van der Waals surface area (Å²) in [5.74, 6) is 0.0295. The predicted molar refractivity (Wildman–Crippen MR) is 92.6 cm³/mol. The van der Waals surface area contributed by atoms with Crippen LogP contribution in [0.5, 0.6) is 0 Å². The van der Waals surface area contributed by atoms with E-state index in [1.807, 2.05) is 18.4 Å². The van der Waals surface area contributed by atoms with Crippen LogP contribution in [0.15, 0.2) is 46.4 Å². The van der Waals surface area contributed by atoms with Gasteiger partial charge in [-0.15, -0.1) is 11.3 Å². The van der Waals surface area contributed by atoms with Gasteiger partial charge in [-0.3, -0.25) is 9.59 Å². The Balaban J connectivity index is 1.65. The van der Waals surface area contributed by atoms with E-state index in [0.717, 1.165) is 5.56 Å². The lowest BCUT2D eigenvalue weighted by Gasteiger charge is -2.07. The first-order valence-corrected chi connectivity index (χ1v) is 8.10. The number of benzene rings is 1. The highest BCUT2D eigenvalue weighted by atomic mass is 32.1. The van der Waals surface area contributed by atoms with Crippen LogP contribution in [0.3, 0.4) is 0 Å². The number of hydrogen-bond donors (Lipinski definition) is 2. The van der Waals surface area contributed by atoms with Crippen molar-refractivity contribution in [3.63, 3.8) is 0 Å². The molecular formula is C17H15N3O3S. The number of thiophene rings is 1. The van der Waals surface area contributed by atoms with Crippen LogP contribution in [0.1, 0.15) is 31.4 Å². The molecule has 2 heterocycles. The van der Waals surface area contributed by atoms with E-state index < -0.39 is 0 Å². The first kappa shape index (κ1) is 15.9. The van der Waals surface area contributed by atoms with Crippen LogP contribution >= 0.6 is 11.3 Å². The molecule has 2 amide bonds. The van der Waals surface area contributed by atoms with E-state index in [-0.39, 0.29) is 11.8 Å². The van der Waals surface area contributed by atoms with E-state index in [1.165, 1.54) is 17.5 Å². The molecular weight excluding hydrogens is 326 g/mol. The number of carbonyl (C=O) groups is 2. The molecule has 3 rings (SSSR count). The van der Waals surface area contributed by atoms with Gasteiger partial charge < -0.3 is 15.2 Å². The van der Waals surface area contributed by atoms with Gasteiger partial charge in [-0.25, -0.2) is 0 Å². The third kappa shape index (κ3) is 3.36. The van der Waals surface area contributed by atoms with Crippen molar-refractivity contribution < 1.29 is 14.1 Å². The van der Waals surface area contributed by atoms with E-state index in [0.29, 0.717) is 27.6 Å². The second kappa shape index (κ2) is 6.67. The molecule has 24 heavy (non-hydrogen) atoms. The summed E-state index contributed by atoms with van der Waals surface area (Å²) in [6.07, 6.45) is 1.38. The Morgan fingerprint density at radius 1 is 1.00 bits per heavy atom. The van der Waals surface area contributed by atoms with Crippen molar-refractivity contribution in [3.05, 3.63) is 63.7 Å². The van der Waals surface area contributed by atoms with E-state index in [4.69, 9.17) is 4.52 Å². The maximum absolute atomic E-state index is 12.2. The number of anilines is 2. The highest BCUT2D eigenvalue weighted by Crippen LogP contribution is 2.19. The number of rotatable bonds is 4. The minimum atomic E-state index is -0.292. The van der Waals surface area contributed by atoms with Crippen molar-refractivity contribution in [2.45, 2.75) is 13.8 Å². The molecule has 3 aromatic rings. The van der Waals surface area contributed by atoms with Gasteiger partial charge in [-0.1, -0.05) is 5.16 Å². The monoisotopic (exact) mass is 341 g/mol. The molecule has 7 heteroatoms. The molecule has 0 radical (unpaired) electrons. The van der Waals surface area contributed by atoms with Crippen molar-refractivity contribution in [1.29, 1.82) is 0 Å². The van der Waals surface area contributed by atoms with Gasteiger partial charge in [0.25, 0.3) is 11.8 Å². The Kier molecular flexibility index (Phi) is 4.43. The number of hydrogen-bond acceptors (Lipinski definition) is 5. The molecule has 1 aromatic carbocycles. The SMILES string of the molecule is Cc1ccsc1C(=O)Nc1ccc(NC(=O)c2cnoc2C)cc1. The van der Waals surface area contributed by atoms with Gasteiger partial charge >= 0.3 is 0 Å². The highest BCUT2D eigenvalue weighted by molar-refractivity contribution is 7.12. The molecule has 122 valence electrons. The molecule has 6 nitrogen and oxygen atoms in total. The average Bonchev–Trinajstić information content (AvgIpc) is 3.17. The lowest BCUT2D eigenvalue weighted by molar-refractivity contribution is 0.101. The third-order valence-corrected chi connectivity index (χ3v) is 4.48. The van der Waals surface area contributed by atoms with Gasteiger partial charge in [0.2, 0.25) is 0 Å². The van der Waals surface area contributed by atoms with Crippen LogP contribution in [0.2, 0.25) is 0 Å². The zero-order valence-corrected chi connectivity index (χ0v) is 13.9. The van der Waals surface area contributed by atoms with Crippen LogP contribution in [0.25, 0.3) is 0 Å². The van der Waals surface area contributed by atoms with E-state index >= 15 is 0 Å². The number of aryl methyl sites for hydroxylation is 2. The van der Waals surface area contributed by atoms with Crippen LogP contribution in [-0.2, 0) is 0 Å². The topological polar surface area (TPSA) is 84.2 Å². The van der Waals surface area contributed by atoms with Crippen molar-refractivity contribution in [1.82, 2.24) is 5.16 Å². The molecule has 0 saturated heterocycles. The Labute approximate surface area is 142 Å². The Morgan fingerprint density at radius 3 is 2.12 bits per heavy atom. The maximum Gasteiger partial charge on any atom is 0.265 e. The quantitative estimate of drug-likeness (QED) is 0.755. The van der Waals surface area contributed by atoms with Gasteiger partial charge in [0.15, 0.2) is 0 Å². The van der Waals surface area contributed by atoms with Crippen LogP contribution in [0, 0.1) is 13.8 Å². The molecule has 0 atom stereocenters. The molecule has 0 bridgehead atoms. The normalized spacial score (nSPS) is 10.4. The lowest BCUT2D eigenvalue weighted by atomic mass is 10.2. The molecule has 0 aliphatic rings. The largest absolute Gasteiger partial charge is 0.361 e. The summed E-state index contributed by atoms with van der Waals surface area (Å²) in [4.78, 5) is 24.9. The smallest absolute Gasteiger partial charge is 0.265 e. The molecule has 0 fully saturated rings.